The Morgan fingerprint density at radius 2 is 2.12 bits per heavy atom. The maximum Gasteiger partial charge on any atom is 0.322 e. The first-order valence-corrected chi connectivity index (χ1v) is 6.25. The Hall–Kier alpha value is -0.710. The molecule has 86 valence electrons. The number of aliphatic carboxylic acids is 1. The number of hydrogen-bond acceptors (Lipinski definition) is 3. The SMILES string of the molecule is O=C(O)C1CC(Sc2ccccc2)CN1Cl. The highest BCUT2D eigenvalue weighted by molar-refractivity contribution is 8.00. The predicted molar refractivity (Wildman–Crippen MR) is 64.7 cm³/mol. The fourth-order valence-corrected chi connectivity index (χ4v) is 3.38. The molecule has 2 atom stereocenters. The van der Waals surface area contributed by atoms with E-state index in [9.17, 15) is 4.79 Å². The van der Waals surface area contributed by atoms with Gasteiger partial charge in [0.05, 0.1) is 0 Å². The van der Waals surface area contributed by atoms with Crippen LogP contribution in [-0.2, 0) is 4.79 Å². The summed E-state index contributed by atoms with van der Waals surface area (Å²) in [6.45, 7) is 0.609. The van der Waals surface area contributed by atoms with E-state index in [0.717, 1.165) is 4.90 Å². The molecule has 0 aliphatic carbocycles. The van der Waals surface area contributed by atoms with Gasteiger partial charge in [-0.3, -0.25) is 4.79 Å². The van der Waals surface area contributed by atoms with Gasteiger partial charge in [0, 0.05) is 16.7 Å². The van der Waals surface area contributed by atoms with Crippen LogP contribution in [0.1, 0.15) is 6.42 Å². The molecule has 1 aromatic rings. The van der Waals surface area contributed by atoms with Crippen LogP contribution < -0.4 is 0 Å². The summed E-state index contributed by atoms with van der Waals surface area (Å²) in [5.74, 6) is -0.842. The molecule has 1 fully saturated rings. The molecule has 1 N–H and O–H groups in total. The molecule has 0 aromatic heterocycles. The minimum Gasteiger partial charge on any atom is -0.480 e. The Labute approximate surface area is 104 Å². The molecule has 1 aliphatic heterocycles. The molecule has 0 bridgehead atoms. The summed E-state index contributed by atoms with van der Waals surface area (Å²) in [6, 6.07) is 9.42. The Bertz CT molecular complexity index is 374. The number of halogens is 1. The van der Waals surface area contributed by atoms with Gasteiger partial charge in [0.1, 0.15) is 6.04 Å². The summed E-state index contributed by atoms with van der Waals surface area (Å²) < 4.78 is 1.39. The van der Waals surface area contributed by atoms with Crippen LogP contribution in [0, 0.1) is 0 Å². The third-order valence-corrected chi connectivity index (χ3v) is 4.13. The van der Waals surface area contributed by atoms with Crippen molar-refractivity contribution in [3.05, 3.63) is 30.3 Å². The van der Waals surface area contributed by atoms with E-state index in [2.05, 4.69) is 0 Å². The minimum atomic E-state index is -0.842. The number of benzene rings is 1. The molecule has 1 saturated heterocycles. The highest BCUT2D eigenvalue weighted by Crippen LogP contribution is 2.33. The van der Waals surface area contributed by atoms with Crippen LogP contribution in [0.3, 0.4) is 0 Å². The molecule has 0 radical (unpaired) electrons. The molecule has 1 aromatic carbocycles. The average molecular weight is 258 g/mol. The lowest BCUT2D eigenvalue weighted by molar-refractivity contribution is -0.140. The summed E-state index contributed by atoms with van der Waals surface area (Å²) >= 11 is 7.56. The molecule has 0 amide bonds. The zero-order valence-electron chi connectivity index (χ0n) is 8.54. The Balaban J connectivity index is 1.96. The van der Waals surface area contributed by atoms with Crippen molar-refractivity contribution >= 4 is 29.5 Å². The van der Waals surface area contributed by atoms with Crippen LogP contribution in [0.5, 0.6) is 0 Å². The van der Waals surface area contributed by atoms with Crippen molar-refractivity contribution in [1.29, 1.82) is 0 Å². The number of carboxylic acid groups (broad SMARTS) is 1. The van der Waals surface area contributed by atoms with Crippen molar-refractivity contribution < 1.29 is 9.90 Å². The number of hydrogen-bond donors (Lipinski definition) is 1. The fraction of sp³-hybridized carbons (Fsp3) is 0.364. The van der Waals surface area contributed by atoms with E-state index in [0.29, 0.717) is 13.0 Å². The van der Waals surface area contributed by atoms with Crippen molar-refractivity contribution in [2.45, 2.75) is 22.6 Å². The van der Waals surface area contributed by atoms with Crippen LogP contribution in [0.15, 0.2) is 35.2 Å². The third kappa shape index (κ3) is 2.70. The van der Waals surface area contributed by atoms with Gasteiger partial charge >= 0.3 is 5.97 Å². The maximum absolute atomic E-state index is 10.9. The van der Waals surface area contributed by atoms with Crippen molar-refractivity contribution in [2.75, 3.05) is 6.54 Å². The zero-order valence-corrected chi connectivity index (χ0v) is 10.1. The standard InChI is InChI=1S/C11H12ClNO2S/c12-13-7-9(6-10(13)11(14)15)16-8-4-2-1-3-5-8/h1-5,9-10H,6-7H2,(H,14,15). The number of carbonyl (C=O) groups is 1. The summed E-state index contributed by atoms with van der Waals surface area (Å²) in [4.78, 5) is 12.0. The highest BCUT2D eigenvalue weighted by Gasteiger charge is 2.36. The minimum absolute atomic E-state index is 0.251. The molecular formula is C11H12ClNO2S. The molecule has 1 heterocycles. The van der Waals surface area contributed by atoms with Gasteiger partial charge in [-0.1, -0.05) is 18.2 Å². The molecule has 2 unspecified atom stereocenters. The first-order valence-electron chi connectivity index (χ1n) is 5.04. The maximum atomic E-state index is 10.9. The Morgan fingerprint density at radius 3 is 2.69 bits per heavy atom. The van der Waals surface area contributed by atoms with Crippen LogP contribution >= 0.6 is 23.5 Å². The number of nitrogens with zero attached hydrogens (tertiary/aromatic N) is 1. The van der Waals surface area contributed by atoms with E-state index in [1.807, 2.05) is 30.3 Å². The third-order valence-electron chi connectivity index (χ3n) is 2.53. The monoisotopic (exact) mass is 257 g/mol. The predicted octanol–water partition coefficient (Wildman–Crippen LogP) is 2.46. The molecule has 1 aliphatic rings. The van der Waals surface area contributed by atoms with Crippen molar-refractivity contribution in [3.8, 4) is 0 Å². The second-order valence-electron chi connectivity index (χ2n) is 3.72. The molecular weight excluding hydrogens is 246 g/mol. The van der Waals surface area contributed by atoms with E-state index in [4.69, 9.17) is 16.9 Å². The van der Waals surface area contributed by atoms with Gasteiger partial charge in [-0.2, -0.15) is 0 Å². The van der Waals surface area contributed by atoms with Crippen LogP contribution in [-0.4, -0.2) is 33.3 Å². The molecule has 3 nitrogen and oxygen atoms in total. The van der Waals surface area contributed by atoms with Gasteiger partial charge in [-0.05, 0) is 30.3 Å². The molecule has 0 spiro atoms. The molecule has 5 heteroatoms. The smallest absolute Gasteiger partial charge is 0.322 e. The Morgan fingerprint density at radius 1 is 1.44 bits per heavy atom. The van der Waals surface area contributed by atoms with Gasteiger partial charge in [0.2, 0.25) is 0 Å². The van der Waals surface area contributed by atoms with E-state index in [-0.39, 0.29) is 5.25 Å². The van der Waals surface area contributed by atoms with Crippen LogP contribution in [0.4, 0.5) is 0 Å². The van der Waals surface area contributed by atoms with Crippen LogP contribution in [0.25, 0.3) is 0 Å². The summed E-state index contributed by atoms with van der Waals surface area (Å²) in [6.07, 6.45) is 0.596. The Kier molecular flexibility index (Phi) is 3.74. The van der Waals surface area contributed by atoms with Gasteiger partial charge in [0.25, 0.3) is 0 Å². The van der Waals surface area contributed by atoms with Crippen molar-refractivity contribution in [1.82, 2.24) is 4.42 Å². The number of rotatable bonds is 3. The largest absolute Gasteiger partial charge is 0.480 e. The van der Waals surface area contributed by atoms with Gasteiger partial charge in [0.15, 0.2) is 0 Å². The number of carboxylic acids is 1. The van der Waals surface area contributed by atoms with Gasteiger partial charge < -0.3 is 5.11 Å². The van der Waals surface area contributed by atoms with Gasteiger partial charge in [-0.25, -0.2) is 4.42 Å². The van der Waals surface area contributed by atoms with Crippen molar-refractivity contribution in [3.63, 3.8) is 0 Å². The van der Waals surface area contributed by atoms with E-state index in [1.165, 1.54) is 4.42 Å². The lowest BCUT2D eigenvalue weighted by Gasteiger charge is -2.09. The topological polar surface area (TPSA) is 40.5 Å². The summed E-state index contributed by atoms with van der Waals surface area (Å²) in [5, 5.41) is 9.18. The molecule has 16 heavy (non-hydrogen) atoms. The second kappa shape index (κ2) is 5.08. The normalized spacial score (nSPS) is 25.8. The van der Waals surface area contributed by atoms with Gasteiger partial charge in [-0.15, -0.1) is 11.8 Å². The fourth-order valence-electron chi connectivity index (χ4n) is 1.76. The molecule has 2 rings (SSSR count). The average Bonchev–Trinajstić information content (AvgIpc) is 2.61. The van der Waals surface area contributed by atoms with E-state index >= 15 is 0 Å². The second-order valence-corrected chi connectivity index (χ2v) is 5.53. The lowest BCUT2D eigenvalue weighted by Crippen LogP contribution is -2.28. The first-order chi connectivity index (χ1) is 7.66. The first kappa shape index (κ1) is 11.8. The van der Waals surface area contributed by atoms with E-state index < -0.39 is 12.0 Å². The highest BCUT2D eigenvalue weighted by atomic mass is 35.5. The van der Waals surface area contributed by atoms with Crippen LogP contribution in [0.2, 0.25) is 0 Å². The summed E-state index contributed by atoms with van der Waals surface area (Å²) in [7, 11) is 0. The lowest BCUT2D eigenvalue weighted by atomic mass is 10.2. The summed E-state index contributed by atoms with van der Waals surface area (Å²) in [5.41, 5.74) is 0. The zero-order chi connectivity index (χ0) is 11.5. The molecule has 0 saturated carbocycles. The van der Waals surface area contributed by atoms with E-state index in [1.54, 1.807) is 11.8 Å². The van der Waals surface area contributed by atoms with Crippen molar-refractivity contribution in [2.24, 2.45) is 0 Å². The quantitative estimate of drug-likeness (QED) is 0.845. The number of thioether (sulfide) groups is 1.